The van der Waals surface area contributed by atoms with Gasteiger partial charge in [-0.3, -0.25) is 0 Å². The van der Waals surface area contributed by atoms with Crippen LogP contribution < -0.4 is 0 Å². The van der Waals surface area contributed by atoms with Crippen LogP contribution in [0.25, 0.3) is 0 Å². The highest BCUT2D eigenvalue weighted by Gasteiger charge is 2.33. The van der Waals surface area contributed by atoms with Gasteiger partial charge in [-0.25, -0.2) is 13.4 Å². The number of hydrogen-bond acceptors (Lipinski definition) is 4. The van der Waals surface area contributed by atoms with Crippen LogP contribution >= 0.6 is 22.9 Å². The summed E-state index contributed by atoms with van der Waals surface area (Å²) in [5.41, 5.74) is 0.504. The fourth-order valence-corrected chi connectivity index (χ4v) is 6.23. The molecule has 0 amide bonds. The van der Waals surface area contributed by atoms with Crippen molar-refractivity contribution in [1.82, 2.24) is 9.29 Å². The Morgan fingerprint density at radius 2 is 2.00 bits per heavy atom. The summed E-state index contributed by atoms with van der Waals surface area (Å²) in [6.07, 6.45) is 5.34. The molecule has 1 fully saturated rings. The molecule has 19 heavy (non-hydrogen) atoms. The Labute approximate surface area is 123 Å². The van der Waals surface area contributed by atoms with Crippen LogP contribution in [0.3, 0.4) is 0 Å². The number of halogens is 1. The molecule has 0 spiro atoms. The molecule has 1 saturated carbocycles. The van der Waals surface area contributed by atoms with E-state index < -0.39 is 10.0 Å². The van der Waals surface area contributed by atoms with E-state index in [9.17, 15) is 8.42 Å². The maximum atomic E-state index is 12.7. The van der Waals surface area contributed by atoms with Crippen molar-refractivity contribution in [2.24, 2.45) is 0 Å². The second-order valence-corrected chi connectivity index (χ2v) is 8.51. The zero-order chi connectivity index (χ0) is 14.0. The summed E-state index contributed by atoms with van der Waals surface area (Å²) in [6, 6.07) is 0.129. The highest BCUT2D eigenvalue weighted by Crippen LogP contribution is 2.33. The van der Waals surface area contributed by atoms with E-state index in [1.54, 1.807) is 11.2 Å². The number of sulfonamides is 1. The van der Waals surface area contributed by atoms with E-state index in [0.29, 0.717) is 16.4 Å². The Kier molecular flexibility index (Phi) is 4.87. The van der Waals surface area contributed by atoms with Crippen LogP contribution in [0.1, 0.15) is 44.7 Å². The Bertz CT molecular complexity index is 536. The topological polar surface area (TPSA) is 50.3 Å². The van der Waals surface area contributed by atoms with Crippen molar-refractivity contribution < 1.29 is 8.42 Å². The van der Waals surface area contributed by atoms with Gasteiger partial charge in [0.25, 0.3) is 10.0 Å². The van der Waals surface area contributed by atoms with Crippen LogP contribution in [0.15, 0.2) is 4.21 Å². The Hall–Kier alpha value is -0.170. The van der Waals surface area contributed by atoms with Gasteiger partial charge in [-0.1, -0.05) is 49.1 Å². The third kappa shape index (κ3) is 3.12. The predicted octanol–water partition coefficient (Wildman–Crippen LogP) is 3.45. The van der Waals surface area contributed by atoms with Gasteiger partial charge in [0.1, 0.15) is 0 Å². The molecule has 1 aromatic heterocycles. The summed E-state index contributed by atoms with van der Waals surface area (Å²) in [4.78, 5) is 4.02. The molecule has 2 rings (SSSR count). The van der Waals surface area contributed by atoms with E-state index in [0.717, 1.165) is 37.0 Å². The highest BCUT2D eigenvalue weighted by molar-refractivity contribution is 7.91. The Morgan fingerprint density at radius 3 is 2.47 bits per heavy atom. The third-order valence-electron chi connectivity index (χ3n) is 3.56. The van der Waals surface area contributed by atoms with Gasteiger partial charge in [-0.05, 0) is 19.8 Å². The summed E-state index contributed by atoms with van der Waals surface area (Å²) >= 11 is 6.88. The molecule has 0 aromatic carbocycles. The van der Waals surface area contributed by atoms with Crippen LogP contribution in [0.2, 0.25) is 4.47 Å². The first-order valence-corrected chi connectivity index (χ1v) is 9.25. The van der Waals surface area contributed by atoms with Crippen molar-refractivity contribution in [3.8, 4) is 0 Å². The number of aryl methyl sites for hydroxylation is 1. The molecule has 0 saturated heterocycles. The maximum Gasteiger partial charge on any atom is 0.254 e. The first-order valence-electron chi connectivity index (χ1n) is 6.61. The van der Waals surface area contributed by atoms with Gasteiger partial charge >= 0.3 is 0 Å². The molecule has 1 aromatic rings. The largest absolute Gasteiger partial charge is 0.254 e. The molecule has 0 radical (unpaired) electrons. The molecule has 7 heteroatoms. The Morgan fingerprint density at radius 1 is 1.37 bits per heavy atom. The quantitative estimate of drug-likeness (QED) is 0.853. The highest BCUT2D eigenvalue weighted by atomic mass is 35.5. The van der Waals surface area contributed by atoms with E-state index in [-0.39, 0.29) is 10.5 Å². The van der Waals surface area contributed by atoms with Crippen LogP contribution in [-0.4, -0.2) is 30.3 Å². The third-order valence-corrected chi connectivity index (χ3v) is 7.44. The zero-order valence-electron chi connectivity index (χ0n) is 11.2. The minimum Gasteiger partial charge on any atom is -0.229 e. The number of hydrogen-bond donors (Lipinski definition) is 0. The average Bonchev–Trinajstić information content (AvgIpc) is 2.71. The number of thiazole rings is 1. The molecule has 0 aliphatic heterocycles. The lowest BCUT2D eigenvalue weighted by Gasteiger charge is -2.32. The smallest absolute Gasteiger partial charge is 0.229 e. The summed E-state index contributed by atoms with van der Waals surface area (Å²) in [7, 11) is -3.46. The van der Waals surface area contributed by atoms with E-state index in [4.69, 9.17) is 11.6 Å². The monoisotopic (exact) mass is 322 g/mol. The first-order chi connectivity index (χ1) is 8.96. The van der Waals surface area contributed by atoms with Gasteiger partial charge in [0.2, 0.25) is 0 Å². The van der Waals surface area contributed by atoms with Crippen LogP contribution in [0.5, 0.6) is 0 Å². The van der Waals surface area contributed by atoms with E-state index in [1.807, 2.05) is 6.92 Å². The summed E-state index contributed by atoms with van der Waals surface area (Å²) < 4.78 is 27.7. The van der Waals surface area contributed by atoms with E-state index in [1.165, 1.54) is 6.42 Å². The molecule has 0 N–H and O–H groups in total. The van der Waals surface area contributed by atoms with Crippen molar-refractivity contribution in [3.05, 3.63) is 10.2 Å². The van der Waals surface area contributed by atoms with Crippen molar-refractivity contribution in [2.75, 3.05) is 6.54 Å². The lowest BCUT2D eigenvalue weighted by molar-refractivity contribution is 0.261. The predicted molar refractivity (Wildman–Crippen MR) is 78.3 cm³/mol. The number of nitrogens with zero attached hydrogens (tertiary/aromatic N) is 2. The van der Waals surface area contributed by atoms with E-state index in [2.05, 4.69) is 4.98 Å². The molecule has 1 aliphatic rings. The van der Waals surface area contributed by atoms with Gasteiger partial charge in [0.15, 0.2) is 8.68 Å². The van der Waals surface area contributed by atoms with Crippen molar-refractivity contribution >= 4 is 33.0 Å². The maximum absolute atomic E-state index is 12.7. The molecular weight excluding hydrogens is 304 g/mol. The fraction of sp³-hybridized carbons (Fsp3) is 0.750. The molecule has 1 heterocycles. The van der Waals surface area contributed by atoms with Crippen molar-refractivity contribution in [1.29, 1.82) is 0 Å². The van der Waals surface area contributed by atoms with Crippen LogP contribution in [0, 0.1) is 6.92 Å². The van der Waals surface area contributed by atoms with Gasteiger partial charge in [0, 0.05) is 12.6 Å². The second kappa shape index (κ2) is 6.08. The minimum absolute atomic E-state index is 0.129. The normalized spacial score (nSPS) is 18.1. The molecule has 108 valence electrons. The molecule has 1 aliphatic carbocycles. The summed E-state index contributed by atoms with van der Waals surface area (Å²) in [6.45, 7) is 4.09. The number of aromatic nitrogens is 1. The van der Waals surface area contributed by atoms with Crippen LogP contribution in [-0.2, 0) is 10.0 Å². The first kappa shape index (κ1) is 15.2. The second-order valence-electron chi connectivity index (χ2n) is 4.84. The molecule has 0 unspecified atom stereocenters. The average molecular weight is 323 g/mol. The minimum atomic E-state index is -3.46. The summed E-state index contributed by atoms with van der Waals surface area (Å²) in [5.74, 6) is 0. The zero-order valence-corrected chi connectivity index (χ0v) is 13.6. The van der Waals surface area contributed by atoms with Crippen molar-refractivity contribution in [3.63, 3.8) is 0 Å². The SMILES string of the molecule is CCN(C1CCCCC1)S(=O)(=O)c1sc(Cl)nc1C. The lowest BCUT2D eigenvalue weighted by atomic mass is 9.95. The molecule has 0 bridgehead atoms. The van der Waals surface area contributed by atoms with Gasteiger partial charge in [-0.2, -0.15) is 4.31 Å². The Balaban J connectivity index is 2.32. The standard InChI is InChI=1S/C12H19ClN2O2S2/c1-3-15(10-7-5-4-6-8-10)19(16,17)11-9(2)14-12(13)18-11/h10H,3-8H2,1-2H3. The number of rotatable bonds is 4. The van der Waals surface area contributed by atoms with Crippen LogP contribution in [0.4, 0.5) is 0 Å². The van der Waals surface area contributed by atoms with Gasteiger partial charge in [-0.15, -0.1) is 0 Å². The van der Waals surface area contributed by atoms with Gasteiger partial charge in [0.05, 0.1) is 5.69 Å². The molecule has 0 atom stereocenters. The van der Waals surface area contributed by atoms with E-state index >= 15 is 0 Å². The van der Waals surface area contributed by atoms with Crippen molar-refractivity contribution in [2.45, 2.75) is 56.2 Å². The molecule has 4 nitrogen and oxygen atoms in total. The fourth-order valence-electron chi connectivity index (χ4n) is 2.69. The van der Waals surface area contributed by atoms with Gasteiger partial charge < -0.3 is 0 Å². The summed E-state index contributed by atoms with van der Waals surface area (Å²) in [5, 5.41) is 0. The molecular formula is C12H19ClN2O2S2. The lowest BCUT2D eigenvalue weighted by Crippen LogP contribution is -2.41.